The van der Waals surface area contributed by atoms with E-state index in [9.17, 15) is 0 Å². The molecule has 0 saturated carbocycles. The van der Waals surface area contributed by atoms with Gasteiger partial charge >= 0.3 is 0 Å². The Hall–Kier alpha value is -1.38. The molecule has 3 heteroatoms. The molecule has 0 saturated heterocycles. The Balaban J connectivity index is 2.25. The van der Waals surface area contributed by atoms with Crippen LogP contribution in [0.3, 0.4) is 0 Å². The van der Waals surface area contributed by atoms with Gasteiger partial charge in [-0.3, -0.25) is 4.98 Å². The highest BCUT2D eigenvalue weighted by molar-refractivity contribution is 6.30. The highest BCUT2D eigenvalue weighted by Gasteiger charge is 2.22. The van der Waals surface area contributed by atoms with Crippen molar-refractivity contribution in [3.05, 3.63) is 64.9 Å². The topological polar surface area (TPSA) is 38.9 Å². The fourth-order valence-electron chi connectivity index (χ4n) is 1.82. The van der Waals surface area contributed by atoms with Gasteiger partial charge in [0.05, 0.1) is 0 Å². The molecule has 1 aromatic carbocycles. The van der Waals surface area contributed by atoms with Crippen LogP contribution in [0.1, 0.15) is 18.2 Å². The number of nitrogens with two attached hydrogens (primary N) is 1. The van der Waals surface area contributed by atoms with E-state index >= 15 is 0 Å². The zero-order valence-electron chi connectivity index (χ0n) is 9.73. The second kappa shape index (κ2) is 4.86. The van der Waals surface area contributed by atoms with Crippen molar-refractivity contribution in [2.24, 2.45) is 5.73 Å². The molecule has 0 aliphatic carbocycles. The van der Waals surface area contributed by atoms with Crippen molar-refractivity contribution in [1.29, 1.82) is 0 Å². The van der Waals surface area contributed by atoms with E-state index in [2.05, 4.69) is 4.98 Å². The van der Waals surface area contributed by atoms with Crippen LogP contribution in [0, 0.1) is 0 Å². The molecule has 0 aliphatic heterocycles. The first-order valence-corrected chi connectivity index (χ1v) is 5.90. The van der Waals surface area contributed by atoms with Crippen LogP contribution < -0.4 is 5.73 Å². The van der Waals surface area contributed by atoms with E-state index in [1.165, 1.54) is 0 Å². The molecule has 0 bridgehead atoms. The van der Waals surface area contributed by atoms with Gasteiger partial charge in [0, 0.05) is 28.9 Å². The Morgan fingerprint density at radius 1 is 1.24 bits per heavy atom. The molecule has 2 rings (SSSR count). The Bertz CT molecular complexity index is 495. The molecule has 0 fully saturated rings. The molecule has 0 aliphatic rings. The molecule has 1 aromatic heterocycles. The second-order valence-electron chi connectivity index (χ2n) is 4.43. The minimum Gasteiger partial charge on any atom is -0.321 e. The van der Waals surface area contributed by atoms with E-state index in [1.807, 2.05) is 49.4 Å². The summed E-state index contributed by atoms with van der Waals surface area (Å²) in [5.41, 5.74) is 7.89. The number of hydrogen-bond donors (Lipinski definition) is 1. The summed E-state index contributed by atoms with van der Waals surface area (Å²) in [5.74, 6) is 0. The zero-order chi connectivity index (χ0) is 12.3. The highest BCUT2D eigenvalue weighted by atomic mass is 35.5. The Morgan fingerprint density at radius 2 is 2.06 bits per heavy atom. The molecule has 17 heavy (non-hydrogen) atoms. The Labute approximate surface area is 106 Å². The summed E-state index contributed by atoms with van der Waals surface area (Å²) >= 11 is 5.98. The smallest absolute Gasteiger partial charge is 0.0437 e. The summed E-state index contributed by atoms with van der Waals surface area (Å²) in [6.45, 7) is 1.99. The Morgan fingerprint density at radius 3 is 2.71 bits per heavy atom. The maximum absolute atomic E-state index is 6.34. The molecular weight excluding hydrogens is 232 g/mol. The van der Waals surface area contributed by atoms with Crippen molar-refractivity contribution >= 4 is 11.6 Å². The maximum Gasteiger partial charge on any atom is 0.0437 e. The molecule has 0 amide bonds. The van der Waals surface area contributed by atoms with Gasteiger partial charge in [0.25, 0.3) is 0 Å². The summed E-state index contributed by atoms with van der Waals surface area (Å²) in [4.78, 5) is 4.30. The Kier molecular flexibility index (Phi) is 3.46. The average Bonchev–Trinajstić information content (AvgIpc) is 2.30. The van der Waals surface area contributed by atoms with Crippen LogP contribution in [0.25, 0.3) is 0 Å². The van der Waals surface area contributed by atoms with Gasteiger partial charge in [-0.05, 0) is 36.8 Å². The van der Waals surface area contributed by atoms with Gasteiger partial charge in [0.1, 0.15) is 0 Å². The van der Waals surface area contributed by atoms with E-state index in [-0.39, 0.29) is 0 Å². The molecule has 2 N–H and O–H groups in total. The quantitative estimate of drug-likeness (QED) is 0.904. The largest absolute Gasteiger partial charge is 0.321 e. The van der Waals surface area contributed by atoms with E-state index < -0.39 is 5.54 Å². The summed E-state index contributed by atoms with van der Waals surface area (Å²) in [5, 5.41) is 0.709. The van der Waals surface area contributed by atoms with Crippen molar-refractivity contribution in [3.8, 4) is 0 Å². The van der Waals surface area contributed by atoms with Gasteiger partial charge in [-0.15, -0.1) is 0 Å². The van der Waals surface area contributed by atoms with Crippen molar-refractivity contribution in [1.82, 2.24) is 4.98 Å². The third-order valence-corrected chi connectivity index (χ3v) is 2.99. The first-order chi connectivity index (χ1) is 8.08. The minimum atomic E-state index is -0.459. The maximum atomic E-state index is 6.34. The first-order valence-electron chi connectivity index (χ1n) is 5.53. The van der Waals surface area contributed by atoms with Gasteiger partial charge in [-0.2, -0.15) is 0 Å². The molecule has 1 heterocycles. The molecule has 0 spiro atoms. The van der Waals surface area contributed by atoms with Crippen LogP contribution in [0.2, 0.25) is 5.02 Å². The highest BCUT2D eigenvalue weighted by Crippen LogP contribution is 2.24. The molecule has 2 nitrogen and oxygen atoms in total. The van der Waals surface area contributed by atoms with Crippen molar-refractivity contribution < 1.29 is 0 Å². The summed E-state index contributed by atoms with van der Waals surface area (Å²) in [6, 6.07) is 13.5. The third-order valence-electron chi connectivity index (χ3n) is 2.76. The number of hydrogen-bond acceptors (Lipinski definition) is 2. The second-order valence-corrected chi connectivity index (χ2v) is 4.86. The molecule has 88 valence electrons. The monoisotopic (exact) mass is 246 g/mol. The first kappa shape index (κ1) is 12.1. The lowest BCUT2D eigenvalue weighted by Gasteiger charge is -2.25. The van der Waals surface area contributed by atoms with Gasteiger partial charge in [0.2, 0.25) is 0 Å². The van der Waals surface area contributed by atoms with Crippen LogP contribution in [0.15, 0.2) is 48.7 Å². The van der Waals surface area contributed by atoms with Crippen LogP contribution in [0.5, 0.6) is 0 Å². The lowest BCUT2D eigenvalue weighted by atomic mass is 9.88. The lowest BCUT2D eigenvalue weighted by molar-refractivity contribution is 0.485. The number of pyridine rings is 1. The zero-order valence-corrected chi connectivity index (χ0v) is 10.5. The number of benzene rings is 1. The fraction of sp³-hybridized carbons (Fsp3) is 0.214. The predicted octanol–water partition coefficient (Wildman–Crippen LogP) is 3.15. The summed E-state index contributed by atoms with van der Waals surface area (Å²) in [6.07, 6.45) is 2.47. The van der Waals surface area contributed by atoms with E-state index in [0.717, 1.165) is 11.3 Å². The van der Waals surface area contributed by atoms with Crippen LogP contribution in [-0.4, -0.2) is 4.98 Å². The molecule has 1 unspecified atom stereocenters. The van der Waals surface area contributed by atoms with E-state index in [4.69, 9.17) is 17.3 Å². The number of aromatic nitrogens is 1. The molecular formula is C14H15ClN2. The molecule has 1 atom stereocenters. The van der Waals surface area contributed by atoms with E-state index in [0.29, 0.717) is 11.4 Å². The van der Waals surface area contributed by atoms with Crippen LogP contribution >= 0.6 is 11.6 Å². The number of nitrogens with zero attached hydrogens (tertiary/aromatic N) is 1. The van der Waals surface area contributed by atoms with Crippen LogP contribution in [0.4, 0.5) is 0 Å². The van der Waals surface area contributed by atoms with Crippen molar-refractivity contribution in [2.75, 3.05) is 0 Å². The van der Waals surface area contributed by atoms with Crippen molar-refractivity contribution in [2.45, 2.75) is 18.9 Å². The normalized spacial score (nSPS) is 14.3. The van der Waals surface area contributed by atoms with Gasteiger partial charge in [-0.25, -0.2) is 0 Å². The number of halogens is 1. The van der Waals surface area contributed by atoms with Gasteiger partial charge < -0.3 is 5.73 Å². The summed E-state index contributed by atoms with van der Waals surface area (Å²) in [7, 11) is 0. The van der Waals surface area contributed by atoms with Gasteiger partial charge in [0.15, 0.2) is 0 Å². The standard InChI is InChI=1S/C14H15ClN2/c1-14(16,10-13-7-2-3-8-17-13)11-5-4-6-12(15)9-11/h2-9H,10,16H2,1H3. The average molecular weight is 247 g/mol. The van der Waals surface area contributed by atoms with Gasteiger partial charge in [-0.1, -0.05) is 29.8 Å². The van der Waals surface area contributed by atoms with Crippen LogP contribution in [-0.2, 0) is 12.0 Å². The van der Waals surface area contributed by atoms with E-state index in [1.54, 1.807) is 6.20 Å². The fourth-order valence-corrected chi connectivity index (χ4v) is 2.02. The minimum absolute atomic E-state index is 0.459. The number of rotatable bonds is 3. The molecule has 0 radical (unpaired) electrons. The molecule has 2 aromatic rings. The SMILES string of the molecule is CC(N)(Cc1ccccn1)c1cccc(Cl)c1. The predicted molar refractivity (Wildman–Crippen MR) is 70.9 cm³/mol. The third kappa shape index (κ3) is 3.05. The summed E-state index contributed by atoms with van der Waals surface area (Å²) < 4.78 is 0. The lowest BCUT2D eigenvalue weighted by Crippen LogP contribution is -2.35. The van der Waals surface area contributed by atoms with Crippen molar-refractivity contribution in [3.63, 3.8) is 0 Å².